The zero-order valence-electron chi connectivity index (χ0n) is 13.4. The Hall–Kier alpha value is -2.35. The molecule has 0 atom stereocenters. The third-order valence-corrected chi connectivity index (χ3v) is 5.72. The molecule has 2 aromatic carbocycles. The molecule has 8 heteroatoms. The lowest BCUT2D eigenvalue weighted by Crippen LogP contribution is -2.25. The van der Waals surface area contributed by atoms with Crippen LogP contribution in [0.2, 0.25) is 0 Å². The van der Waals surface area contributed by atoms with Crippen LogP contribution in [-0.2, 0) is 10.0 Å². The van der Waals surface area contributed by atoms with Gasteiger partial charge in [-0.15, -0.1) is 0 Å². The molecule has 1 aliphatic heterocycles. The van der Waals surface area contributed by atoms with Gasteiger partial charge in [0.25, 0.3) is 0 Å². The van der Waals surface area contributed by atoms with Crippen LogP contribution in [0.1, 0.15) is 6.42 Å². The number of rotatable bonds is 6. The summed E-state index contributed by atoms with van der Waals surface area (Å²) in [5.41, 5.74) is 0.605. The summed E-state index contributed by atoms with van der Waals surface area (Å²) >= 11 is 0. The van der Waals surface area contributed by atoms with Crippen molar-refractivity contribution in [3.63, 3.8) is 0 Å². The second kappa shape index (κ2) is 7.26. The molecule has 134 valence electrons. The molecular weight excluding hydrogens is 350 g/mol. The largest absolute Gasteiger partial charge is 0.489 e. The average Bonchev–Trinajstić information content (AvgIpc) is 2.94. The molecule has 1 N–H and O–H groups in total. The van der Waals surface area contributed by atoms with Crippen LogP contribution in [0.5, 0.6) is 5.75 Å². The maximum absolute atomic E-state index is 13.9. The number of nitrogens with zero attached hydrogens (tertiary/aromatic N) is 1. The van der Waals surface area contributed by atoms with E-state index in [1.54, 1.807) is 12.1 Å². The third kappa shape index (κ3) is 4.01. The first-order valence-corrected chi connectivity index (χ1v) is 9.49. The molecule has 0 amide bonds. The molecule has 0 saturated carbocycles. The molecule has 0 spiro atoms. The van der Waals surface area contributed by atoms with Gasteiger partial charge in [-0.05, 0) is 36.8 Å². The predicted octanol–water partition coefficient (Wildman–Crippen LogP) is 3.00. The van der Waals surface area contributed by atoms with Crippen molar-refractivity contribution in [3.8, 4) is 5.75 Å². The van der Waals surface area contributed by atoms with Crippen molar-refractivity contribution in [2.75, 3.05) is 35.1 Å². The summed E-state index contributed by atoms with van der Waals surface area (Å²) < 4.78 is 57.9. The minimum atomic E-state index is -3.32. The van der Waals surface area contributed by atoms with Crippen molar-refractivity contribution in [1.29, 1.82) is 0 Å². The lowest BCUT2D eigenvalue weighted by atomic mass is 10.2. The van der Waals surface area contributed by atoms with E-state index < -0.39 is 21.7 Å². The van der Waals surface area contributed by atoms with E-state index in [1.165, 1.54) is 34.6 Å². The monoisotopic (exact) mass is 368 g/mol. The Kier molecular flexibility index (Phi) is 5.08. The normalized spacial score (nSPS) is 16.0. The van der Waals surface area contributed by atoms with E-state index in [0.717, 1.165) is 0 Å². The number of hydrogen-bond acceptors (Lipinski definition) is 4. The van der Waals surface area contributed by atoms with E-state index in [9.17, 15) is 17.2 Å². The predicted molar refractivity (Wildman–Crippen MR) is 92.5 cm³/mol. The van der Waals surface area contributed by atoms with Crippen LogP contribution < -0.4 is 14.4 Å². The van der Waals surface area contributed by atoms with Gasteiger partial charge < -0.3 is 10.1 Å². The quantitative estimate of drug-likeness (QED) is 0.797. The lowest BCUT2D eigenvalue weighted by Gasteiger charge is -2.18. The van der Waals surface area contributed by atoms with Gasteiger partial charge in [-0.25, -0.2) is 17.2 Å². The maximum atomic E-state index is 13.9. The van der Waals surface area contributed by atoms with Gasteiger partial charge in [0.2, 0.25) is 10.0 Å². The number of halogens is 2. The van der Waals surface area contributed by atoms with E-state index >= 15 is 0 Å². The lowest BCUT2D eigenvalue weighted by molar-refractivity contribution is 0.315. The van der Waals surface area contributed by atoms with E-state index in [0.29, 0.717) is 18.7 Å². The molecule has 5 nitrogen and oxygen atoms in total. The SMILES string of the molecule is O=S1(=O)CCCN1c1ccc(F)c(NCCOc2ccccc2F)c1. The molecule has 1 saturated heterocycles. The van der Waals surface area contributed by atoms with Crippen molar-refractivity contribution < 1.29 is 21.9 Å². The summed E-state index contributed by atoms with van der Waals surface area (Å²) in [6, 6.07) is 10.2. The summed E-state index contributed by atoms with van der Waals surface area (Å²) in [6.45, 7) is 0.762. The highest BCUT2D eigenvalue weighted by Gasteiger charge is 2.28. The number of sulfonamides is 1. The van der Waals surface area contributed by atoms with Gasteiger partial charge in [0.05, 0.1) is 17.1 Å². The Morgan fingerprint density at radius 2 is 1.92 bits per heavy atom. The van der Waals surface area contributed by atoms with Gasteiger partial charge in [-0.1, -0.05) is 12.1 Å². The number of hydrogen-bond donors (Lipinski definition) is 1. The molecule has 0 radical (unpaired) electrons. The maximum Gasteiger partial charge on any atom is 0.235 e. The molecule has 1 aliphatic rings. The molecule has 1 fully saturated rings. The van der Waals surface area contributed by atoms with Crippen LogP contribution in [0.15, 0.2) is 42.5 Å². The van der Waals surface area contributed by atoms with Gasteiger partial charge in [-0.3, -0.25) is 4.31 Å². The molecule has 2 aromatic rings. The van der Waals surface area contributed by atoms with Crippen LogP contribution >= 0.6 is 0 Å². The number of anilines is 2. The number of nitrogens with one attached hydrogen (secondary N) is 1. The summed E-state index contributed by atoms with van der Waals surface area (Å²) in [7, 11) is -3.32. The standard InChI is InChI=1S/C17H18F2N2O3S/c18-14-7-6-13(21-9-3-11-25(21,22)23)12-16(14)20-8-10-24-17-5-2-1-4-15(17)19/h1-2,4-7,12,20H,3,8-11H2. The highest BCUT2D eigenvalue weighted by molar-refractivity contribution is 7.93. The van der Waals surface area contributed by atoms with Crippen LogP contribution in [0.3, 0.4) is 0 Å². The van der Waals surface area contributed by atoms with Gasteiger partial charge in [0.15, 0.2) is 11.6 Å². The van der Waals surface area contributed by atoms with Gasteiger partial charge in [-0.2, -0.15) is 0 Å². The summed E-state index contributed by atoms with van der Waals surface area (Å²) in [5.74, 6) is -0.730. The van der Waals surface area contributed by atoms with Crippen molar-refractivity contribution in [2.45, 2.75) is 6.42 Å². The van der Waals surface area contributed by atoms with Crippen molar-refractivity contribution in [3.05, 3.63) is 54.1 Å². The van der Waals surface area contributed by atoms with Crippen molar-refractivity contribution in [1.82, 2.24) is 0 Å². The molecule has 25 heavy (non-hydrogen) atoms. The first kappa shape index (κ1) is 17.5. The topological polar surface area (TPSA) is 58.6 Å². The molecule has 3 rings (SSSR count). The zero-order chi connectivity index (χ0) is 17.9. The third-order valence-electron chi connectivity index (χ3n) is 3.85. The van der Waals surface area contributed by atoms with E-state index in [2.05, 4.69) is 5.32 Å². The van der Waals surface area contributed by atoms with Gasteiger partial charge in [0, 0.05) is 13.1 Å². The summed E-state index contributed by atoms with van der Waals surface area (Å²) in [4.78, 5) is 0. The zero-order valence-corrected chi connectivity index (χ0v) is 14.2. The second-order valence-corrected chi connectivity index (χ2v) is 7.62. The van der Waals surface area contributed by atoms with Crippen LogP contribution in [-0.4, -0.2) is 33.9 Å². The number of benzene rings is 2. The fourth-order valence-electron chi connectivity index (χ4n) is 2.64. The Morgan fingerprint density at radius 3 is 2.64 bits per heavy atom. The average molecular weight is 368 g/mol. The highest BCUT2D eigenvalue weighted by atomic mass is 32.2. The second-order valence-electron chi connectivity index (χ2n) is 5.61. The minimum absolute atomic E-state index is 0.101. The molecule has 0 aromatic heterocycles. The molecule has 0 bridgehead atoms. The van der Waals surface area contributed by atoms with Crippen LogP contribution in [0, 0.1) is 11.6 Å². The summed E-state index contributed by atoms with van der Waals surface area (Å²) in [5, 5.41) is 2.85. The Balaban J connectivity index is 1.63. The van der Waals surface area contributed by atoms with E-state index in [-0.39, 0.29) is 30.3 Å². The first-order valence-electron chi connectivity index (χ1n) is 7.88. The van der Waals surface area contributed by atoms with Gasteiger partial charge in [0.1, 0.15) is 12.4 Å². The first-order chi connectivity index (χ1) is 12.0. The van der Waals surface area contributed by atoms with Gasteiger partial charge >= 0.3 is 0 Å². The Bertz CT molecular complexity index is 859. The Morgan fingerprint density at radius 1 is 1.12 bits per heavy atom. The molecule has 0 unspecified atom stereocenters. The Labute approximate surface area is 145 Å². The highest BCUT2D eigenvalue weighted by Crippen LogP contribution is 2.28. The molecule has 1 heterocycles. The molecular formula is C17H18F2N2O3S. The van der Waals surface area contributed by atoms with Crippen molar-refractivity contribution >= 4 is 21.4 Å². The fraction of sp³-hybridized carbons (Fsp3) is 0.294. The van der Waals surface area contributed by atoms with E-state index in [4.69, 9.17) is 4.74 Å². The smallest absolute Gasteiger partial charge is 0.235 e. The fourth-order valence-corrected chi connectivity index (χ4v) is 4.20. The van der Waals surface area contributed by atoms with Crippen LogP contribution in [0.4, 0.5) is 20.2 Å². The minimum Gasteiger partial charge on any atom is -0.489 e. The number of ether oxygens (including phenoxy) is 1. The summed E-state index contributed by atoms with van der Waals surface area (Å²) in [6.07, 6.45) is 0.555. The number of para-hydroxylation sites is 1. The van der Waals surface area contributed by atoms with Crippen molar-refractivity contribution in [2.24, 2.45) is 0 Å². The molecule has 0 aliphatic carbocycles. The van der Waals surface area contributed by atoms with Crippen LogP contribution in [0.25, 0.3) is 0 Å². The van der Waals surface area contributed by atoms with E-state index in [1.807, 2.05) is 0 Å².